The van der Waals surface area contributed by atoms with Gasteiger partial charge in [0, 0.05) is 29.4 Å². The molecule has 0 spiro atoms. The number of alkyl halides is 12. The van der Waals surface area contributed by atoms with E-state index in [0.717, 1.165) is 13.8 Å². The highest BCUT2D eigenvalue weighted by molar-refractivity contribution is 5.88. The second kappa shape index (κ2) is 18.5. The predicted octanol–water partition coefficient (Wildman–Crippen LogP) is 8.65. The van der Waals surface area contributed by atoms with Crippen molar-refractivity contribution >= 4 is 17.9 Å². The third kappa shape index (κ3) is 11.6. The fourth-order valence-electron chi connectivity index (χ4n) is 4.21. The fourth-order valence-corrected chi connectivity index (χ4v) is 4.21. The van der Waals surface area contributed by atoms with Crippen LogP contribution in [0.1, 0.15) is 78.6 Å². The highest BCUT2D eigenvalue weighted by Crippen LogP contribution is 2.61. The van der Waals surface area contributed by atoms with E-state index in [0.29, 0.717) is 12.8 Å². The first-order valence-corrected chi connectivity index (χ1v) is 15.4. The summed E-state index contributed by atoms with van der Waals surface area (Å²) in [5, 5.41) is 9.00. The standard InChI is InChI=1S/C32H42F12O7/c1-7-8-9-10-11-12-27(33,34)29(37,38)31(41,42)32(43,44)30(39,40)28(35,36)14-13-26(18-50-23(46)20(2)3,19-51-24(47)21(4)5)15-16-49-25(48)22(6)17-45/h45H,2,4,6-19H2,1,3,5H3. The van der Waals surface area contributed by atoms with E-state index in [4.69, 9.17) is 19.3 Å². The number of carbonyl (C=O) groups is 3. The van der Waals surface area contributed by atoms with Crippen LogP contribution in [0.2, 0.25) is 0 Å². The van der Waals surface area contributed by atoms with Crippen LogP contribution in [0.5, 0.6) is 0 Å². The Balaban J connectivity index is 6.73. The van der Waals surface area contributed by atoms with Gasteiger partial charge in [0.2, 0.25) is 0 Å². The van der Waals surface area contributed by atoms with Crippen molar-refractivity contribution in [1.29, 1.82) is 0 Å². The Hall–Kier alpha value is -3.25. The van der Waals surface area contributed by atoms with Crippen molar-refractivity contribution in [2.24, 2.45) is 5.41 Å². The SMILES string of the molecule is C=C(C)C(=O)OCC(CCOC(=O)C(=C)CO)(CCC(F)(F)C(F)(F)C(F)(F)C(F)(F)C(F)(F)C(F)(F)CCCCCCC)COC(=O)C(=C)C. The molecule has 0 heterocycles. The molecule has 0 aromatic carbocycles. The lowest BCUT2D eigenvalue weighted by atomic mass is 9.79. The zero-order valence-corrected chi connectivity index (χ0v) is 28.2. The van der Waals surface area contributed by atoms with Gasteiger partial charge in [-0.1, -0.05) is 52.3 Å². The van der Waals surface area contributed by atoms with Crippen LogP contribution in [0.15, 0.2) is 36.5 Å². The van der Waals surface area contributed by atoms with E-state index < -0.39 is 123 Å². The molecule has 0 amide bonds. The minimum atomic E-state index is -7.81. The number of hydrogen-bond donors (Lipinski definition) is 1. The van der Waals surface area contributed by atoms with Crippen LogP contribution in [-0.2, 0) is 28.6 Å². The van der Waals surface area contributed by atoms with Gasteiger partial charge in [0.1, 0.15) is 13.2 Å². The minimum absolute atomic E-state index is 0.162. The summed E-state index contributed by atoms with van der Waals surface area (Å²) >= 11 is 0. The molecule has 0 atom stereocenters. The second-order valence-corrected chi connectivity index (χ2v) is 12.2. The smallest absolute Gasteiger partial charge is 0.384 e. The number of aliphatic hydroxyl groups is 1. The summed E-state index contributed by atoms with van der Waals surface area (Å²) in [7, 11) is 0. The number of carbonyl (C=O) groups excluding carboxylic acids is 3. The van der Waals surface area contributed by atoms with Gasteiger partial charge < -0.3 is 19.3 Å². The summed E-state index contributed by atoms with van der Waals surface area (Å²) in [6, 6.07) is 0. The van der Waals surface area contributed by atoms with Gasteiger partial charge in [0.15, 0.2) is 0 Å². The van der Waals surface area contributed by atoms with Gasteiger partial charge in [-0.3, -0.25) is 0 Å². The maximum absolute atomic E-state index is 15.1. The van der Waals surface area contributed by atoms with Crippen LogP contribution in [0.4, 0.5) is 52.7 Å². The van der Waals surface area contributed by atoms with E-state index in [1.165, 1.54) is 0 Å². The largest absolute Gasteiger partial charge is 0.462 e. The van der Waals surface area contributed by atoms with Crippen molar-refractivity contribution in [3.63, 3.8) is 0 Å². The molecule has 296 valence electrons. The average molecular weight is 767 g/mol. The molecule has 0 aromatic rings. The number of hydrogen-bond acceptors (Lipinski definition) is 7. The number of ether oxygens (including phenoxy) is 3. The van der Waals surface area contributed by atoms with Crippen molar-refractivity contribution in [1.82, 2.24) is 0 Å². The zero-order chi connectivity index (χ0) is 40.3. The molecule has 0 unspecified atom stereocenters. The van der Waals surface area contributed by atoms with Crippen molar-refractivity contribution in [3.8, 4) is 0 Å². The lowest BCUT2D eigenvalue weighted by Gasteiger charge is -2.42. The van der Waals surface area contributed by atoms with Gasteiger partial charge in [0.05, 0.1) is 18.8 Å². The fraction of sp³-hybridized carbons (Fsp3) is 0.719. The number of unbranched alkanes of at least 4 members (excludes halogenated alkanes) is 4. The van der Waals surface area contributed by atoms with E-state index in [9.17, 15) is 58.3 Å². The van der Waals surface area contributed by atoms with Crippen molar-refractivity contribution in [2.45, 2.75) is 114 Å². The lowest BCUT2D eigenvalue weighted by Crippen LogP contribution is -2.70. The summed E-state index contributed by atoms with van der Waals surface area (Å²) in [5.41, 5.74) is -3.60. The second-order valence-electron chi connectivity index (χ2n) is 12.2. The molecule has 51 heavy (non-hydrogen) atoms. The van der Waals surface area contributed by atoms with Gasteiger partial charge in [-0.25, -0.2) is 14.4 Å². The van der Waals surface area contributed by atoms with Gasteiger partial charge in [-0.05, 0) is 33.1 Å². The molecule has 0 fully saturated rings. The van der Waals surface area contributed by atoms with Crippen molar-refractivity contribution < 1.29 is 86.4 Å². The normalized spacial score (nSPS) is 13.4. The van der Waals surface area contributed by atoms with E-state index in [1.54, 1.807) is 6.92 Å². The van der Waals surface area contributed by atoms with Gasteiger partial charge in [-0.2, -0.15) is 52.7 Å². The monoisotopic (exact) mass is 766 g/mol. The Bertz CT molecular complexity index is 1220. The minimum Gasteiger partial charge on any atom is -0.462 e. The summed E-state index contributed by atoms with van der Waals surface area (Å²) in [5.74, 6) is -46.5. The summed E-state index contributed by atoms with van der Waals surface area (Å²) in [6.45, 7) is 9.23. The summed E-state index contributed by atoms with van der Waals surface area (Å²) in [4.78, 5) is 36.1. The molecule has 0 bridgehead atoms. The van der Waals surface area contributed by atoms with E-state index >= 15 is 8.78 Å². The topological polar surface area (TPSA) is 99.1 Å². The highest BCUT2D eigenvalue weighted by Gasteiger charge is 2.89. The van der Waals surface area contributed by atoms with E-state index in [1.807, 2.05) is 0 Å². The van der Waals surface area contributed by atoms with Gasteiger partial charge >= 0.3 is 53.4 Å². The summed E-state index contributed by atoms with van der Waals surface area (Å²) in [6.07, 6.45) is -7.33. The third-order valence-electron chi connectivity index (χ3n) is 7.73. The van der Waals surface area contributed by atoms with Gasteiger partial charge in [0.25, 0.3) is 0 Å². The van der Waals surface area contributed by atoms with Crippen LogP contribution >= 0.6 is 0 Å². The Morgan fingerprint density at radius 3 is 1.35 bits per heavy atom. The number of aliphatic hydroxyl groups excluding tert-OH is 1. The van der Waals surface area contributed by atoms with Crippen molar-refractivity contribution in [3.05, 3.63) is 36.5 Å². The Labute approximate surface area is 287 Å². The molecule has 0 aliphatic carbocycles. The first kappa shape index (κ1) is 47.8. The quantitative estimate of drug-likeness (QED) is 0.0327. The Morgan fingerprint density at radius 2 is 0.961 bits per heavy atom. The molecule has 0 aromatic heterocycles. The van der Waals surface area contributed by atoms with Gasteiger partial charge in [-0.15, -0.1) is 0 Å². The van der Waals surface area contributed by atoms with E-state index in [-0.39, 0.29) is 24.0 Å². The molecule has 0 aliphatic heterocycles. The maximum Gasteiger partial charge on any atom is 0.384 e. The highest BCUT2D eigenvalue weighted by atomic mass is 19.4. The maximum atomic E-state index is 15.1. The van der Waals surface area contributed by atoms with Crippen LogP contribution < -0.4 is 0 Å². The molecule has 0 radical (unpaired) electrons. The van der Waals surface area contributed by atoms with Crippen LogP contribution in [0, 0.1) is 5.41 Å². The number of rotatable bonds is 25. The predicted molar refractivity (Wildman–Crippen MR) is 158 cm³/mol. The van der Waals surface area contributed by atoms with Crippen LogP contribution in [0.3, 0.4) is 0 Å². The first-order valence-electron chi connectivity index (χ1n) is 15.4. The van der Waals surface area contributed by atoms with Crippen LogP contribution in [-0.4, -0.2) is 85.0 Å². The lowest BCUT2D eigenvalue weighted by molar-refractivity contribution is -0.426. The number of esters is 3. The number of halogens is 12. The molecule has 0 saturated heterocycles. The molecule has 0 aliphatic rings. The third-order valence-corrected chi connectivity index (χ3v) is 7.73. The van der Waals surface area contributed by atoms with Crippen LogP contribution in [0.25, 0.3) is 0 Å². The molecule has 0 rings (SSSR count). The molecular weight excluding hydrogens is 724 g/mol. The molecule has 1 N–H and O–H groups in total. The Kier molecular flexibility index (Phi) is 17.3. The summed E-state index contributed by atoms with van der Waals surface area (Å²) < 4.78 is 190. The zero-order valence-electron chi connectivity index (χ0n) is 28.2. The molecular formula is C32H42F12O7. The first-order chi connectivity index (χ1) is 23.0. The Morgan fingerprint density at radius 1 is 0.549 bits per heavy atom. The molecule has 7 nitrogen and oxygen atoms in total. The molecule has 0 saturated carbocycles. The molecule has 19 heteroatoms. The average Bonchev–Trinajstić information content (AvgIpc) is 3.03. The van der Waals surface area contributed by atoms with Crippen molar-refractivity contribution in [2.75, 3.05) is 26.4 Å². The van der Waals surface area contributed by atoms with E-state index in [2.05, 4.69) is 19.7 Å².